The van der Waals surface area contributed by atoms with Gasteiger partial charge in [-0.15, -0.1) is 0 Å². The van der Waals surface area contributed by atoms with Crippen LogP contribution in [0.1, 0.15) is 5.56 Å². The highest BCUT2D eigenvalue weighted by Crippen LogP contribution is 2.16. The number of nitrogens with zero attached hydrogens (tertiary/aromatic N) is 1. The zero-order valence-electron chi connectivity index (χ0n) is 9.22. The van der Waals surface area contributed by atoms with Crippen molar-refractivity contribution in [3.05, 3.63) is 39.9 Å². The molecule has 0 aliphatic heterocycles. The van der Waals surface area contributed by atoms with Crippen molar-refractivity contribution in [2.75, 3.05) is 0 Å². The molecule has 19 heavy (non-hydrogen) atoms. The lowest BCUT2D eigenvalue weighted by atomic mass is 10.1. The Morgan fingerprint density at radius 2 is 1.95 bits per heavy atom. The van der Waals surface area contributed by atoms with Gasteiger partial charge >= 0.3 is 15.5 Å². The molecule has 0 aliphatic rings. The van der Waals surface area contributed by atoms with E-state index in [0.717, 1.165) is 12.1 Å². The third-order valence-corrected chi connectivity index (χ3v) is 3.12. The summed E-state index contributed by atoms with van der Waals surface area (Å²) in [6.07, 6.45) is -0.380. The molecule has 8 nitrogen and oxygen atoms in total. The van der Waals surface area contributed by atoms with E-state index in [1.165, 1.54) is 12.1 Å². The predicted molar refractivity (Wildman–Crippen MR) is 64.5 cm³/mol. The molecule has 1 aromatic carbocycles. The van der Waals surface area contributed by atoms with Crippen molar-refractivity contribution >= 4 is 32.8 Å². The molecule has 0 saturated carbocycles. The first-order valence-corrected chi connectivity index (χ1v) is 6.64. The summed E-state index contributed by atoms with van der Waals surface area (Å²) in [6, 6.07) is 4.86. The number of nitro benzene ring substituents is 1. The molecule has 0 heterocycles. The van der Waals surface area contributed by atoms with Crippen LogP contribution in [-0.4, -0.2) is 28.8 Å². The smallest absolute Gasteiger partial charge is 0.405 e. The van der Waals surface area contributed by atoms with Crippen LogP contribution in [0.3, 0.4) is 0 Å². The molecular weight excluding hydrogens is 302 g/mol. The summed E-state index contributed by atoms with van der Waals surface area (Å²) in [7, 11) is -4.65. The van der Waals surface area contributed by atoms with E-state index >= 15 is 0 Å². The number of ether oxygens (including phenoxy) is 1. The lowest BCUT2D eigenvalue weighted by Gasteiger charge is -2.12. The molecule has 0 aliphatic carbocycles. The quantitative estimate of drug-likeness (QED) is 0.380. The summed E-state index contributed by atoms with van der Waals surface area (Å²) in [5.41, 5.74) is -3.11. The van der Waals surface area contributed by atoms with Gasteiger partial charge < -0.3 is 4.74 Å². The lowest BCUT2D eigenvalue weighted by molar-refractivity contribution is -0.384. The van der Waals surface area contributed by atoms with Crippen LogP contribution in [0.4, 0.5) is 10.5 Å². The van der Waals surface area contributed by atoms with Gasteiger partial charge in [-0.2, -0.15) is 8.42 Å². The molecule has 0 aromatic heterocycles. The molecule has 0 saturated heterocycles. The number of hydrogen-bond donors (Lipinski definition) is 1. The molecule has 0 spiro atoms. The minimum atomic E-state index is -4.65. The Morgan fingerprint density at radius 1 is 1.42 bits per heavy atom. The average Bonchev–Trinajstić information content (AvgIpc) is 2.27. The van der Waals surface area contributed by atoms with Crippen molar-refractivity contribution in [1.82, 2.24) is 0 Å². The number of carbonyl (C=O) groups is 1. The highest BCUT2D eigenvalue weighted by molar-refractivity contribution is 7.86. The van der Waals surface area contributed by atoms with Crippen LogP contribution < -0.4 is 0 Å². The number of rotatable bonds is 5. The van der Waals surface area contributed by atoms with E-state index in [1.54, 1.807) is 0 Å². The second kappa shape index (κ2) is 5.95. The Balaban J connectivity index is 2.91. The molecule has 0 amide bonds. The van der Waals surface area contributed by atoms with Crippen LogP contribution in [-0.2, 0) is 21.3 Å². The van der Waals surface area contributed by atoms with Crippen molar-refractivity contribution in [1.29, 1.82) is 0 Å². The first-order valence-electron chi connectivity index (χ1n) is 4.76. The summed E-state index contributed by atoms with van der Waals surface area (Å²) in [5.74, 6) is 0. The average molecular weight is 310 g/mol. The Hall–Kier alpha value is -1.71. The Labute approximate surface area is 112 Å². The second-order valence-electron chi connectivity index (χ2n) is 3.43. The van der Waals surface area contributed by atoms with Gasteiger partial charge in [-0.1, -0.05) is 12.1 Å². The minimum absolute atomic E-state index is 0.179. The van der Waals surface area contributed by atoms with E-state index in [9.17, 15) is 23.3 Å². The van der Waals surface area contributed by atoms with Gasteiger partial charge in [-0.3, -0.25) is 14.7 Å². The highest BCUT2D eigenvalue weighted by atomic mass is 35.5. The molecule has 0 bridgehead atoms. The first kappa shape index (κ1) is 15.3. The van der Waals surface area contributed by atoms with Gasteiger partial charge in [0.2, 0.25) is 5.44 Å². The maximum atomic E-state index is 11.0. The fourth-order valence-corrected chi connectivity index (χ4v) is 2.03. The molecular formula is C9H8ClNO7S. The predicted octanol–water partition coefficient (Wildman–Crippen LogP) is 1.73. The van der Waals surface area contributed by atoms with Crippen LogP contribution in [0.25, 0.3) is 0 Å². The maximum absolute atomic E-state index is 11.0. The standard InChI is InChI=1S/C9H8ClNO7S/c10-9(12)18-8(19(15,16)17)5-6-1-3-7(4-2-6)11(13)14/h1-4,8H,5H2,(H,15,16,17). The largest absolute Gasteiger partial charge is 0.431 e. The Kier molecular flexibility index (Phi) is 4.81. The normalized spacial score (nSPS) is 12.7. The molecule has 1 aromatic rings. The molecule has 0 radical (unpaired) electrons. The third-order valence-electron chi connectivity index (χ3n) is 2.11. The van der Waals surface area contributed by atoms with E-state index in [0.29, 0.717) is 5.56 Å². The van der Waals surface area contributed by atoms with Crippen molar-refractivity contribution in [3.8, 4) is 0 Å². The molecule has 1 N–H and O–H groups in total. The lowest BCUT2D eigenvalue weighted by Crippen LogP contribution is -2.27. The van der Waals surface area contributed by atoms with Gasteiger partial charge in [0, 0.05) is 30.2 Å². The zero-order chi connectivity index (χ0) is 14.6. The van der Waals surface area contributed by atoms with Crippen LogP contribution in [0.2, 0.25) is 0 Å². The van der Waals surface area contributed by atoms with Gasteiger partial charge in [0.25, 0.3) is 5.69 Å². The van der Waals surface area contributed by atoms with Crippen LogP contribution in [0.15, 0.2) is 24.3 Å². The van der Waals surface area contributed by atoms with Gasteiger partial charge in [-0.05, 0) is 5.56 Å². The number of nitro groups is 1. The fraction of sp³-hybridized carbons (Fsp3) is 0.222. The van der Waals surface area contributed by atoms with E-state index in [1.807, 2.05) is 0 Å². The van der Waals surface area contributed by atoms with Crippen LogP contribution in [0.5, 0.6) is 0 Å². The number of non-ortho nitro benzene ring substituents is 1. The monoisotopic (exact) mass is 309 g/mol. The topological polar surface area (TPSA) is 124 Å². The van der Waals surface area contributed by atoms with Crippen molar-refractivity contribution in [2.24, 2.45) is 0 Å². The van der Waals surface area contributed by atoms with Crippen LogP contribution >= 0.6 is 11.6 Å². The minimum Gasteiger partial charge on any atom is -0.431 e. The van der Waals surface area contributed by atoms with Crippen LogP contribution in [0, 0.1) is 10.1 Å². The van der Waals surface area contributed by atoms with E-state index in [4.69, 9.17) is 16.2 Å². The highest BCUT2D eigenvalue weighted by Gasteiger charge is 2.27. The summed E-state index contributed by atoms with van der Waals surface area (Å²) in [4.78, 5) is 20.3. The molecule has 0 fully saturated rings. The summed E-state index contributed by atoms with van der Waals surface area (Å²) >= 11 is 4.89. The number of hydrogen-bond acceptors (Lipinski definition) is 6. The maximum Gasteiger partial charge on any atom is 0.405 e. The number of halogens is 1. The molecule has 104 valence electrons. The molecule has 10 heteroatoms. The van der Waals surface area contributed by atoms with E-state index < -0.39 is 25.9 Å². The molecule has 1 unspecified atom stereocenters. The first-order chi connectivity index (χ1) is 8.70. The molecule has 1 atom stereocenters. The van der Waals surface area contributed by atoms with Gasteiger partial charge in [-0.25, -0.2) is 4.79 Å². The Bertz CT molecular complexity index is 583. The number of benzene rings is 1. The summed E-state index contributed by atoms with van der Waals surface area (Å²) < 4.78 is 35.0. The SMILES string of the molecule is O=C(Cl)OC(Cc1ccc([N+](=O)[O-])cc1)S(=O)(=O)O. The van der Waals surface area contributed by atoms with E-state index in [2.05, 4.69) is 4.74 Å². The number of carbonyl (C=O) groups excluding carboxylic acids is 1. The van der Waals surface area contributed by atoms with Crippen molar-refractivity contribution in [2.45, 2.75) is 11.9 Å². The zero-order valence-corrected chi connectivity index (χ0v) is 10.8. The van der Waals surface area contributed by atoms with Crippen molar-refractivity contribution in [3.63, 3.8) is 0 Å². The Morgan fingerprint density at radius 3 is 2.32 bits per heavy atom. The van der Waals surface area contributed by atoms with Gasteiger partial charge in [0.15, 0.2) is 0 Å². The fourth-order valence-electron chi connectivity index (χ4n) is 1.26. The van der Waals surface area contributed by atoms with E-state index in [-0.39, 0.29) is 12.1 Å². The third kappa shape index (κ3) is 4.81. The molecule has 1 rings (SSSR count). The van der Waals surface area contributed by atoms with Gasteiger partial charge in [0.05, 0.1) is 4.92 Å². The second-order valence-corrected chi connectivity index (χ2v) is 5.29. The van der Waals surface area contributed by atoms with Gasteiger partial charge in [0.1, 0.15) is 0 Å². The van der Waals surface area contributed by atoms with Crippen molar-refractivity contribution < 1.29 is 27.4 Å². The summed E-state index contributed by atoms with van der Waals surface area (Å²) in [6.45, 7) is 0. The summed E-state index contributed by atoms with van der Waals surface area (Å²) in [5, 5.41) is 10.4.